The molecule has 8 heteroatoms. The Morgan fingerprint density at radius 3 is 2.48 bits per heavy atom. The van der Waals surface area contributed by atoms with Crippen LogP contribution in [0.2, 0.25) is 5.02 Å². The molecular weight excluding hydrogens is 355 g/mol. The third kappa shape index (κ3) is 3.83. The Hall–Kier alpha value is -2.80. The lowest BCUT2D eigenvalue weighted by Gasteiger charge is -2.13. The number of alkyl halides is 3. The lowest BCUT2D eigenvalue weighted by molar-refractivity contribution is -0.137. The molecular formula is C17H11ClF3N3O. The number of benzene rings is 2. The first-order valence-electron chi connectivity index (χ1n) is 7.13. The average molecular weight is 366 g/mol. The summed E-state index contributed by atoms with van der Waals surface area (Å²) in [5.74, 6) is 0. The van der Waals surface area contributed by atoms with Crippen LogP contribution >= 0.6 is 11.6 Å². The second kappa shape index (κ2) is 6.60. The zero-order valence-corrected chi connectivity index (χ0v) is 13.3. The molecule has 1 heterocycles. The van der Waals surface area contributed by atoms with Crippen molar-refractivity contribution in [1.29, 1.82) is 0 Å². The molecule has 0 bridgehead atoms. The number of urea groups is 1. The summed E-state index contributed by atoms with van der Waals surface area (Å²) < 4.78 is 38.3. The molecule has 128 valence electrons. The minimum Gasteiger partial charge on any atom is -0.306 e. The normalized spacial score (nSPS) is 11.4. The van der Waals surface area contributed by atoms with Gasteiger partial charge in [0.2, 0.25) is 0 Å². The predicted octanol–water partition coefficient (Wildman–Crippen LogP) is 5.55. The van der Waals surface area contributed by atoms with E-state index in [2.05, 4.69) is 15.6 Å². The number of hydrogen-bond donors (Lipinski definition) is 2. The maximum absolute atomic E-state index is 12.8. The van der Waals surface area contributed by atoms with E-state index in [9.17, 15) is 18.0 Å². The Labute approximate surface area is 145 Å². The number of carbonyl (C=O) groups is 1. The van der Waals surface area contributed by atoms with Crippen molar-refractivity contribution >= 4 is 39.9 Å². The maximum Gasteiger partial charge on any atom is 0.416 e. The van der Waals surface area contributed by atoms with Gasteiger partial charge in [0, 0.05) is 11.6 Å². The molecule has 0 spiro atoms. The highest BCUT2D eigenvalue weighted by Gasteiger charge is 2.31. The molecule has 0 fully saturated rings. The number of rotatable bonds is 2. The second-order valence-corrected chi connectivity index (χ2v) is 5.56. The van der Waals surface area contributed by atoms with Gasteiger partial charge in [0.05, 0.1) is 27.5 Å². The van der Waals surface area contributed by atoms with Crippen molar-refractivity contribution in [2.45, 2.75) is 6.18 Å². The van der Waals surface area contributed by atoms with Crippen molar-refractivity contribution in [3.63, 3.8) is 0 Å². The molecule has 1 aromatic heterocycles. The van der Waals surface area contributed by atoms with E-state index in [4.69, 9.17) is 11.6 Å². The van der Waals surface area contributed by atoms with Crippen LogP contribution in [-0.2, 0) is 6.18 Å². The van der Waals surface area contributed by atoms with Crippen molar-refractivity contribution in [3.05, 3.63) is 65.3 Å². The van der Waals surface area contributed by atoms with E-state index in [-0.39, 0.29) is 10.7 Å². The lowest BCUT2D eigenvalue weighted by atomic mass is 10.2. The van der Waals surface area contributed by atoms with Gasteiger partial charge in [0.1, 0.15) is 0 Å². The van der Waals surface area contributed by atoms with Crippen molar-refractivity contribution < 1.29 is 18.0 Å². The van der Waals surface area contributed by atoms with Gasteiger partial charge < -0.3 is 10.6 Å². The number of hydrogen-bond acceptors (Lipinski definition) is 2. The number of nitrogens with zero attached hydrogens (tertiary/aromatic N) is 1. The van der Waals surface area contributed by atoms with Gasteiger partial charge >= 0.3 is 12.2 Å². The molecule has 0 aliphatic carbocycles. The van der Waals surface area contributed by atoms with Crippen molar-refractivity contribution in [1.82, 2.24) is 4.98 Å². The molecule has 0 saturated carbocycles. The van der Waals surface area contributed by atoms with E-state index in [0.29, 0.717) is 11.2 Å². The van der Waals surface area contributed by atoms with E-state index in [1.807, 2.05) is 12.1 Å². The minimum absolute atomic E-state index is 0.000746. The highest BCUT2D eigenvalue weighted by atomic mass is 35.5. The number of para-hydroxylation sites is 1. The first kappa shape index (κ1) is 17.0. The van der Waals surface area contributed by atoms with Gasteiger partial charge in [-0.3, -0.25) is 4.98 Å². The summed E-state index contributed by atoms with van der Waals surface area (Å²) in [5, 5.41) is 5.71. The SMILES string of the molecule is O=C(Nc1cc(C(F)(F)F)ccc1Cl)Nc1cccc2cccnc12. The van der Waals surface area contributed by atoms with E-state index >= 15 is 0 Å². The molecule has 0 unspecified atom stereocenters. The van der Waals surface area contributed by atoms with Crippen LogP contribution in [-0.4, -0.2) is 11.0 Å². The van der Waals surface area contributed by atoms with Crippen LogP contribution in [0.5, 0.6) is 0 Å². The fourth-order valence-electron chi connectivity index (χ4n) is 2.28. The second-order valence-electron chi connectivity index (χ2n) is 5.15. The van der Waals surface area contributed by atoms with Gasteiger partial charge in [-0.25, -0.2) is 4.79 Å². The topological polar surface area (TPSA) is 54.0 Å². The summed E-state index contributed by atoms with van der Waals surface area (Å²) in [6.07, 6.45) is -2.95. The van der Waals surface area contributed by atoms with Gasteiger partial charge in [-0.2, -0.15) is 13.2 Å². The lowest BCUT2D eigenvalue weighted by Crippen LogP contribution is -2.20. The van der Waals surface area contributed by atoms with Gasteiger partial charge in [0.15, 0.2) is 0 Å². The van der Waals surface area contributed by atoms with Gasteiger partial charge in [-0.05, 0) is 30.3 Å². The molecule has 0 radical (unpaired) electrons. The Morgan fingerprint density at radius 2 is 1.72 bits per heavy atom. The molecule has 25 heavy (non-hydrogen) atoms. The van der Waals surface area contributed by atoms with Crippen LogP contribution in [0, 0.1) is 0 Å². The number of halogens is 4. The largest absolute Gasteiger partial charge is 0.416 e. The van der Waals surface area contributed by atoms with Gasteiger partial charge in [-0.1, -0.05) is 29.8 Å². The van der Waals surface area contributed by atoms with Crippen molar-refractivity contribution in [2.24, 2.45) is 0 Å². The van der Waals surface area contributed by atoms with Crippen LogP contribution < -0.4 is 10.6 Å². The molecule has 0 aliphatic heterocycles. The zero-order chi connectivity index (χ0) is 18.0. The first-order chi connectivity index (χ1) is 11.8. The van der Waals surface area contributed by atoms with E-state index in [0.717, 1.165) is 23.6 Å². The summed E-state index contributed by atoms with van der Waals surface area (Å²) in [6.45, 7) is 0. The Morgan fingerprint density at radius 1 is 1.00 bits per heavy atom. The number of amides is 2. The highest BCUT2D eigenvalue weighted by Crippen LogP contribution is 2.34. The van der Waals surface area contributed by atoms with E-state index < -0.39 is 17.8 Å². The third-order valence-electron chi connectivity index (χ3n) is 3.42. The maximum atomic E-state index is 12.8. The van der Waals surface area contributed by atoms with Crippen LogP contribution in [0.1, 0.15) is 5.56 Å². The van der Waals surface area contributed by atoms with Crippen LogP contribution in [0.15, 0.2) is 54.7 Å². The van der Waals surface area contributed by atoms with E-state index in [1.54, 1.807) is 24.4 Å². The Kier molecular flexibility index (Phi) is 4.50. The summed E-state index contributed by atoms with van der Waals surface area (Å²) in [6, 6.07) is 10.8. The van der Waals surface area contributed by atoms with Crippen LogP contribution in [0.3, 0.4) is 0 Å². The summed E-state index contributed by atoms with van der Waals surface area (Å²) >= 11 is 5.87. The first-order valence-corrected chi connectivity index (χ1v) is 7.51. The monoisotopic (exact) mass is 365 g/mol. The third-order valence-corrected chi connectivity index (χ3v) is 3.75. The molecule has 4 nitrogen and oxygen atoms in total. The quantitative estimate of drug-likeness (QED) is 0.625. The average Bonchev–Trinajstić information content (AvgIpc) is 2.56. The predicted molar refractivity (Wildman–Crippen MR) is 90.8 cm³/mol. The Bertz CT molecular complexity index is 939. The van der Waals surface area contributed by atoms with Crippen LogP contribution in [0.4, 0.5) is 29.3 Å². The highest BCUT2D eigenvalue weighted by molar-refractivity contribution is 6.33. The smallest absolute Gasteiger partial charge is 0.306 e. The molecule has 2 aromatic carbocycles. The van der Waals surface area contributed by atoms with E-state index in [1.165, 1.54) is 0 Å². The van der Waals surface area contributed by atoms with Crippen LogP contribution in [0.25, 0.3) is 10.9 Å². The fraction of sp³-hybridized carbons (Fsp3) is 0.0588. The van der Waals surface area contributed by atoms with Crippen molar-refractivity contribution in [3.8, 4) is 0 Å². The summed E-state index contributed by atoms with van der Waals surface area (Å²) in [5.41, 5.74) is -0.0461. The summed E-state index contributed by atoms with van der Waals surface area (Å²) in [4.78, 5) is 16.3. The number of pyridine rings is 1. The molecule has 3 aromatic rings. The zero-order valence-electron chi connectivity index (χ0n) is 12.6. The van der Waals surface area contributed by atoms with Gasteiger partial charge in [-0.15, -0.1) is 0 Å². The number of anilines is 2. The number of aromatic nitrogens is 1. The van der Waals surface area contributed by atoms with Gasteiger partial charge in [0.25, 0.3) is 0 Å². The fourth-order valence-corrected chi connectivity index (χ4v) is 2.44. The molecule has 2 amide bonds. The Balaban J connectivity index is 1.83. The summed E-state index contributed by atoms with van der Waals surface area (Å²) in [7, 11) is 0. The standard InChI is InChI=1S/C17H11ClF3N3O/c18-12-7-6-11(17(19,20)21)9-14(12)24-16(25)23-13-5-1-3-10-4-2-8-22-15(10)13/h1-9H,(H2,23,24,25). The number of fused-ring (bicyclic) bond motifs is 1. The molecule has 0 aliphatic rings. The number of carbonyl (C=O) groups excluding carboxylic acids is 1. The number of nitrogens with one attached hydrogen (secondary N) is 2. The minimum atomic E-state index is -4.53. The molecule has 0 atom stereocenters. The molecule has 3 rings (SSSR count). The molecule has 2 N–H and O–H groups in total. The van der Waals surface area contributed by atoms with Crippen molar-refractivity contribution in [2.75, 3.05) is 10.6 Å². The molecule has 0 saturated heterocycles.